The van der Waals surface area contributed by atoms with Crippen LogP contribution in [0.15, 0.2) is 23.3 Å². The first-order chi connectivity index (χ1) is 8.54. The minimum absolute atomic E-state index is 0.0847. The Balaban J connectivity index is 2.81. The van der Waals surface area contributed by atoms with Crippen LogP contribution in [0.4, 0.5) is 5.69 Å². The molecule has 0 saturated carbocycles. The second-order valence-corrected chi connectivity index (χ2v) is 3.13. The smallest absolute Gasteiger partial charge is 0.270 e. The number of amides is 1. The van der Waals surface area contributed by atoms with Crippen LogP contribution in [0.1, 0.15) is 12.0 Å². The molecule has 2 N–H and O–H groups in total. The van der Waals surface area contributed by atoms with Crippen molar-refractivity contribution in [3.63, 3.8) is 0 Å². The number of nitro groups is 1. The highest BCUT2D eigenvalue weighted by Gasteiger charge is 2.08. The van der Waals surface area contributed by atoms with Crippen molar-refractivity contribution < 1.29 is 14.8 Å². The molecule has 0 unspecified atom stereocenters. The van der Waals surface area contributed by atoms with Crippen molar-refractivity contribution in [1.29, 1.82) is 5.26 Å². The molecule has 92 valence electrons. The molecule has 0 aliphatic rings. The van der Waals surface area contributed by atoms with Crippen LogP contribution in [-0.2, 0) is 4.79 Å². The van der Waals surface area contributed by atoms with Gasteiger partial charge in [0.2, 0.25) is 0 Å². The first kappa shape index (κ1) is 13.1. The summed E-state index contributed by atoms with van der Waals surface area (Å²) in [6, 6.07) is 5.02. The number of carbonyl (C=O) groups is 1. The van der Waals surface area contributed by atoms with Crippen LogP contribution in [0.2, 0.25) is 0 Å². The fraction of sp³-hybridized carbons (Fsp3) is 0.100. The zero-order valence-electron chi connectivity index (χ0n) is 9.03. The molecule has 0 aliphatic heterocycles. The Hall–Kier alpha value is -2.95. The number of nitriles is 1. The number of benzene rings is 1. The van der Waals surface area contributed by atoms with E-state index in [0.29, 0.717) is 0 Å². The van der Waals surface area contributed by atoms with Crippen LogP contribution < -0.4 is 5.43 Å². The first-order valence-corrected chi connectivity index (χ1v) is 4.71. The van der Waals surface area contributed by atoms with Gasteiger partial charge < -0.3 is 5.11 Å². The van der Waals surface area contributed by atoms with Crippen LogP contribution in [0.3, 0.4) is 0 Å². The van der Waals surface area contributed by atoms with E-state index in [0.717, 1.165) is 24.4 Å². The van der Waals surface area contributed by atoms with Gasteiger partial charge >= 0.3 is 0 Å². The van der Waals surface area contributed by atoms with Crippen molar-refractivity contribution in [2.75, 3.05) is 0 Å². The predicted octanol–water partition coefficient (Wildman–Crippen LogP) is 0.664. The summed E-state index contributed by atoms with van der Waals surface area (Å²) < 4.78 is 0. The molecule has 0 heterocycles. The van der Waals surface area contributed by atoms with Gasteiger partial charge in [0.1, 0.15) is 12.2 Å². The number of nitrogens with one attached hydrogen (secondary N) is 1. The molecular weight excluding hydrogens is 240 g/mol. The summed E-state index contributed by atoms with van der Waals surface area (Å²) in [6.07, 6.45) is 0.704. The minimum Gasteiger partial charge on any atom is -0.507 e. The number of phenolic OH excluding ortho intramolecular Hbond substituents is 1. The lowest BCUT2D eigenvalue weighted by atomic mass is 10.2. The predicted molar refractivity (Wildman–Crippen MR) is 60.7 cm³/mol. The summed E-state index contributed by atoms with van der Waals surface area (Å²) in [6.45, 7) is 0. The maximum absolute atomic E-state index is 10.9. The van der Waals surface area contributed by atoms with Gasteiger partial charge in [0.05, 0.1) is 17.2 Å². The van der Waals surface area contributed by atoms with Crippen LogP contribution >= 0.6 is 0 Å². The van der Waals surface area contributed by atoms with E-state index in [9.17, 15) is 20.0 Å². The lowest BCUT2D eigenvalue weighted by Gasteiger charge is -1.98. The molecule has 18 heavy (non-hydrogen) atoms. The normalized spacial score (nSPS) is 9.94. The number of aromatic hydroxyl groups is 1. The van der Waals surface area contributed by atoms with Crippen molar-refractivity contribution in [3.8, 4) is 11.8 Å². The molecule has 8 heteroatoms. The third kappa shape index (κ3) is 3.57. The summed E-state index contributed by atoms with van der Waals surface area (Å²) in [4.78, 5) is 20.8. The zero-order valence-corrected chi connectivity index (χ0v) is 9.03. The fourth-order valence-electron chi connectivity index (χ4n) is 1.04. The van der Waals surface area contributed by atoms with Crippen molar-refractivity contribution >= 4 is 17.8 Å². The Labute approximate surface area is 101 Å². The third-order valence-corrected chi connectivity index (χ3v) is 1.85. The van der Waals surface area contributed by atoms with Gasteiger partial charge in [0.25, 0.3) is 11.6 Å². The Morgan fingerprint density at radius 2 is 2.39 bits per heavy atom. The Morgan fingerprint density at radius 3 is 3.00 bits per heavy atom. The molecule has 1 aromatic rings. The van der Waals surface area contributed by atoms with Gasteiger partial charge in [-0.05, 0) is 6.07 Å². The summed E-state index contributed by atoms with van der Waals surface area (Å²) in [5.74, 6) is -0.822. The number of rotatable bonds is 4. The summed E-state index contributed by atoms with van der Waals surface area (Å²) >= 11 is 0. The summed E-state index contributed by atoms with van der Waals surface area (Å²) in [5.41, 5.74) is 1.91. The molecule has 0 fully saturated rings. The highest BCUT2D eigenvalue weighted by molar-refractivity contribution is 5.86. The molecule has 0 aromatic heterocycles. The molecule has 0 spiro atoms. The number of hydrogen-bond acceptors (Lipinski definition) is 6. The van der Waals surface area contributed by atoms with Gasteiger partial charge in [0, 0.05) is 17.7 Å². The van der Waals surface area contributed by atoms with Crippen molar-refractivity contribution in [3.05, 3.63) is 33.9 Å². The number of carbonyl (C=O) groups excluding carboxylic acids is 1. The zero-order chi connectivity index (χ0) is 13.5. The number of non-ortho nitro benzene ring substituents is 1. The van der Waals surface area contributed by atoms with E-state index in [2.05, 4.69) is 5.10 Å². The highest BCUT2D eigenvalue weighted by atomic mass is 16.6. The lowest BCUT2D eigenvalue weighted by molar-refractivity contribution is -0.384. The average molecular weight is 248 g/mol. The van der Waals surface area contributed by atoms with Gasteiger partial charge in [-0.1, -0.05) is 0 Å². The van der Waals surface area contributed by atoms with E-state index in [1.807, 2.05) is 5.43 Å². The number of hydrogen-bond donors (Lipinski definition) is 2. The summed E-state index contributed by atoms with van der Waals surface area (Å²) in [7, 11) is 0. The van der Waals surface area contributed by atoms with Crippen molar-refractivity contribution in [1.82, 2.24) is 5.43 Å². The van der Waals surface area contributed by atoms with E-state index in [1.54, 1.807) is 6.07 Å². The molecular formula is C10H8N4O4. The molecule has 1 aromatic carbocycles. The van der Waals surface area contributed by atoms with Gasteiger partial charge in [-0.3, -0.25) is 14.9 Å². The average Bonchev–Trinajstić information content (AvgIpc) is 2.31. The number of nitro benzene ring substituents is 1. The van der Waals surface area contributed by atoms with Crippen LogP contribution in [-0.4, -0.2) is 22.2 Å². The second-order valence-electron chi connectivity index (χ2n) is 3.13. The Bertz CT molecular complexity index is 547. The van der Waals surface area contributed by atoms with Gasteiger partial charge in [0.15, 0.2) is 0 Å². The largest absolute Gasteiger partial charge is 0.507 e. The molecule has 0 bridgehead atoms. The maximum Gasteiger partial charge on any atom is 0.270 e. The van der Waals surface area contributed by atoms with Crippen LogP contribution in [0.5, 0.6) is 5.75 Å². The summed E-state index contributed by atoms with van der Waals surface area (Å²) in [5, 5.41) is 31.6. The minimum atomic E-state index is -0.620. The first-order valence-electron chi connectivity index (χ1n) is 4.71. The lowest BCUT2D eigenvalue weighted by Crippen LogP contribution is -2.16. The number of phenols is 1. The van der Waals surface area contributed by atoms with Gasteiger partial charge in [-0.15, -0.1) is 0 Å². The SMILES string of the molecule is N#CCC(=O)N/N=C\c1cc([N+](=O)[O-])ccc1O. The van der Waals surface area contributed by atoms with E-state index < -0.39 is 10.8 Å². The van der Waals surface area contributed by atoms with E-state index in [4.69, 9.17) is 5.26 Å². The Morgan fingerprint density at radius 1 is 1.67 bits per heavy atom. The molecule has 1 amide bonds. The van der Waals surface area contributed by atoms with Crippen LogP contribution in [0.25, 0.3) is 0 Å². The van der Waals surface area contributed by atoms with Crippen LogP contribution in [0, 0.1) is 21.4 Å². The fourth-order valence-corrected chi connectivity index (χ4v) is 1.04. The molecule has 0 aliphatic carbocycles. The second kappa shape index (κ2) is 5.95. The molecule has 0 atom stereocenters. The van der Waals surface area contributed by atoms with E-state index >= 15 is 0 Å². The third-order valence-electron chi connectivity index (χ3n) is 1.85. The van der Waals surface area contributed by atoms with Crippen molar-refractivity contribution in [2.24, 2.45) is 5.10 Å². The van der Waals surface area contributed by atoms with Gasteiger partial charge in [-0.2, -0.15) is 10.4 Å². The molecule has 1 rings (SSSR count). The standard InChI is InChI=1S/C10H8N4O4/c11-4-3-10(16)13-12-6-7-5-8(14(17)18)1-2-9(7)15/h1-2,5-6,15H,3H2,(H,13,16)/b12-6-. The molecule has 0 radical (unpaired) electrons. The maximum atomic E-state index is 10.9. The monoisotopic (exact) mass is 248 g/mol. The Kier molecular flexibility index (Phi) is 4.34. The van der Waals surface area contributed by atoms with E-state index in [1.165, 1.54) is 0 Å². The number of hydrazone groups is 1. The highest BCUT2D eigenvalue weighted by Crippen LogP contribution is 2.21. The van der Waals surface area contributed by atoms with E-state index in [-0.39, 0.29) is 23.4 Å². The molecule has 8 nitrogen and oxygen atoms in total. The topological polar surface area (TPSA) is 129 Å². The quantitative estimate of drug-likeness (QED) is 0.459. The number of nitrogens with zero attached hydrogens (tertiary/aromatic N) is 3. The van der Waals surface area contributed by atoms with Gasteiger partial charge in [-0.25, -0.2) is 5.43 Å². The van der Waals surface area contributed by atoms with Crippen molar-refractivity contribution in [2.45, 2.75) is 6.42 Å². The molecule has 0 saturated heterocycles.